The lowest BCUT2D eigenvalue weighted by Crippen LogP contribution is -2.54. The third kappa shape index (κ3) is 5.86. The van der Waals surface area contributed by atoms with Gasteiger partial charge in [-0.15, -0.1) is 0 Å². The van der Waals surface area contributed by atoms with Gasteiger partial charge in [-0.25, -0.2) is 4.79 Å². The molecule has 8 nitrogen and oxygen atoms in total. The number of imide groups is 1. The van der Waals surface area contributed by atoms with E-state index in [9.17, 15) is 19.2 Å². The highest BCUT2D eigenvalue weighted by Crippen LogP contribution is 2.46. The molecule has 172 valence electrons. The van der Waals surface area contributed by atoms with Gasteiger partial charge in [0.05, 0.1) is 0 Å². The zero-order valence-electron chi connectivity index (χ0n) is 18.9. The first-order chi connectivity index (χ1) is 14.6. The maximum absolute atomic E-state index is 13.0. The number of esters is 1. The van der Waals surface area contributed by atoms with Crippen molar-refractivity contribution in [3.8, 4) is 0 Å². The summed E-state index contributed by atoms with van der Waals surface area (Å²) in [6, 6.07) is -0.572. The van der Waals surface area contributed by atoms with Gasteiger partial charge in [-0.3, -0.25) is 19.3 Å². The number of allylic oxidation sites excluding steroid dienone is 1. The fraction of sp³-hybridized carbons (Fsp3) is 0.739. The molecular weight excluding hydrogens is 398 g/mol. The van der Waals surface area contributed by atoms with Crippen LogP contribution >= 0.6 is 0 Å². The lowest BCUT2D eigenvalue weighted by molar-refractivity contribution is -0.151. The second-order valence-electron chi connectivity index (χ2n) is 10.1. The van der Waals surface area contributed by atoms with Gasteiger partial charge in [-0.05, 0) is 62.7 Å². The molecule has 0 bridgehead atoms. The maximum atomic E-state index is 13.0. The molecule has 0 aromatic rings. The average Bonchev–Trinajstić information content (AvgIpc) is 2.89. The molecule has 2 unspecified atom stereocenters. The molecule has 2 N–H and O–H groups in total. The Morgan fingerprint density at radius 1 is 1.26 bits per heavy atom. The third-order valence-electron chi connectivity index (χ3n) is 6.43. The van der Waals surface area contributed by atoms with Crippen molar-refractivity contribution in [3.05, 3.63) is 11.6 Å². The van der Waals surface area contributed by atoms with E-state index in [1.807, 2.05) is 0 Å². The van der Waals surface area contributed by atoms with Crippen LogP contribution in [0.4, 0.5) is 4.79 Å². The van der Waals surface area contributed by atoms with E-state index in [1.54, 1.807) is 0 Å². The van der Waals surface area contributed by atoms with Gasteiger partial charge < -0.3 is 15.4 Å². The van der Waals surface area contributed by atoms with Crippen LogP contribution < -0.4 is 10.6 Å². The van der Waals surface area contributed by atoms with Gasteiger partial charge in [0, 0.05) is 6.54 Å². The fourth-order valence-corrected chi connectivity index (χ4v) is 5.52. The molecule has 2 fully saturated rings. The Balaban J connectivity index is 1.44. The first-order valence-electron chi connectivity index (χ1n) is 11.3. The smallest absolute Gasteiger partial charge is 0.326 e. The summed E-state index contributed by atoms with van der Waals surface area (Å²) in [7, 11) is 0. The first kappa shape index (κ1) is 23.3. The molecule has 31 heavy (non-hydrogen) atoms. The molecule has 0 aromatic carbocycles. The van der Waals surface area contributed by atoms with E-state index in [0.29, 0.717) is 19.4 Å². The molecule has 0 aromatic heterocycles. The van der Waals surface area contributed by atoms with Crippen LogP contribution in [0.1, 0.15) is 72.1 Å². The minimum atomic E-state index is -0.955. The quantitative estimate of drug-likeness (QED) is 0.365. The van der Waals surface area contributed by atoms with Crippen LogP contribution in [0.2, 0.25) is 0 Å². The molecule has 3 aliphatic rings. The maximum Gasteiger partial charge on any atom is 0.326 e. The molecule has 8 heteroatoms. The average molecular weight is 434 g/mol. The Labute approximate surface area is 184 Å². The van der Waals surface area contributed by atoms with Crippen molar-refractivity contribution < 1.29 is 23.9 Å². The minimum Gasteiger partial charge on any atom is -0.454 e. The van der Waals surface area contributed by atoms with E-state index in [0.717, 1.165) is 30.6 Å². The van der Waals surface area contributed by atoms with Gasteiger partial charge in [-0.2, -0.15) is 0 Å². The van der Waals surface area contributed by atoms with Gasteiger partial charge in [-0.1, -0.05) is 32.4 Å². The summed E-state index contributed by atoms with van der Waals surface area (Å²) in [6.07, 6.45) is 9.71. The first-order valence-corrected chi connectivity index (χ1v) is 11.3. The number of rotatable bonds is 7. The van der Waals surface area contributed by atoms with Crippen LogP contribution in [0.15, 0.2) is 11.6 Å². The second-order valence-corrected chi connectivity index (χ2v) is 10.1. The number of hydrogen-bond acceptors (Lipinski definition) is 5. The molecule has 2 aliphatic carbocycles. The number of carbonyl (C=O) groups excluding carboxylic acids is 4. The second kappa shape index (κ2) is 9.40. The highest BCUT2D eigenvalue weighted by molar-refractivity contribution is 6.08. The van der Waals surface area contributed by atoms with Crippen molar-refractivity contribution in [2.75, 3.05) is 19.7 Å². The number of hydrogen-bond donors (Lipinski definition) is 2. The highest BCUT2D eigenvalue weighted by atomic mass is 16.5. The van der Waals surface area contributed by atoms with Crippen LogP contribution in [0, 0.1) is 11.3 Å². The summed E-state index contributed by atoms with van der Waals surface area (Å²) in [5, 5.41) is 5.57. The molecule has 1 spiro atoms. The zero-order valence-corrected chi connectivity index (χ0v) is 18.9. The van der Waals surface area contributed by atoms with Gasteiger partial charge >= 0.3 is 12.0 Å². The number of ether oxygens (including phenoxy) is 1. The summed E-state index contributed by atoms with van der Waals surface area (Å²) in [5.41, 5.74) is 0.323. The van der Waals surface area contributed by atoms with Gasteiger partial charge in [0.25, 0.3) is 11.8 Å². The summed E-state index contributed by atoms with van der Waals surface area (Å²) in [6.45, 7) is 5.85. The lowest BCUT2D eigenvalue weighted by Gasteiger charge is -2.43. The normalized spacial score (nSPS) is 27.6. The molecule has 2 atom stereocenters. The van der Waals surface area contributed by atoms with Crippen molar-refractivity contribution in [2.45, 2.75) is 77.7 Å². The van der Waals surface area contributed by atoms with Crippen LogP contribution in [0.25, 0.3) is 0 Å². The van der Waals surface area contributed by atoms with E-state index in [1.165, 1.54) is 18.4 Å². The molecule has 0 radical (unpaired) electrons. The number of nitrogens with zero attached hydrogens (tertiary/aromatic N) is 1. The van der Waals surface area contributed by atoms with Gasteiger partial charge in [0.15, 0.2) is 6.61 Å². The predicted molar refractivity (Wildman–Crippen MR) is 115 cm³/mol. The van der Waals surface area contributed by atoms with E-state index in [4.69, 9.17) is 4.74 Å². The molecule has 1 saturated heterocycles. The summed E-state index contributed by atoms with van der Waals surface area (Å²) < 4.78 is 5.00. The van der Waals surface area contributed by atoms with E-state index >= 15 is 0 Å². The fourth-order valence-electron chi connectivity index (χ4n) is 5.52. The van der Waals surface area contributed by atoms with Crippen LogP contribution in [0.3, 0.4) is 0 Å². The van der Waals surface area contributed by atoms with Crippen LogP contribution in [-0.4, -0.2) is 54.0 Å². The largest absolute Gasteiger partial charge is 0.454 e. The van der Waals surface area contributed by atoms with Crippen molar-refractivity contribution in [1.82, 2.24) is 15.5 Å². The Morgan fingerprint density at radius 3 is 2.71 bits per heavy atom. The Kier molecular flexibility index (Phi) is 7.06. The zero-order chi connectivity index (χ0) is 22.6. The number of carbonyl (C=O) groups is 4. The van der Waals surface area contributed by atoms with Crippen molar-refractivity contribution in [3.63, 3.8) is 0 Å². The molecule has 1 saturated carbocycles. The highest BCUT2D eigenvalue weighted by Gasteiger charge is 2.56. The molecule has 1 heterocycles. The summed E-state index contributed by atoms with van der Waals surface area (Å²) in [5.74, 6) is -1.25. The Bertz CT molecular complexity index is 775. The van der Waals surface area contributed by atoms with E-state index < -0.39 is 30.7 Å². The van der Waals surface area contributed by atoms with Crippen LogP contribution in [0.5, 0.6) is 0 Å². The van der Waals surface area contributed by atoms with E-state index in [2.05, 4.69) is 37.5 Å². The number of urea groups is 1. The SMILES string of the molecule is CC1CC(C)(C)CC2(C1)NC(=O)N(CC(=O)OCC(=O)NCCC1=CCCCC1)C2=O. The van der Waals surface area contributed by atoms with Crippen molar-refractivity contribution in [1.29, 1.82) is 0 Å². The number of nitrogens with one attached hydrogen (secondary N) is 2. The van der Waals surface area contributed by atoms with Crippen molar-refractivity contribution in [2.24, 2.45) is 11.3 Å². The summed E-state index contributed by atoms with van der Waals surface area (Å²) in [4.78, 5) is 50.5. The molecule has 3 rings (SSSR count). The molecule has 1 aliphatic heterocycles. The standard InChI is InChI=1S/C23H35N3O5/c1-16-11-22(2,3)15-23(12-16)20(29)26(21(30)25-23)13-19(28)31-14-18(27)24-10-9-17-7-5-4-6-8-17/h7,16H,4-6,8-15H2,1-3H3,(H,24,27)(H,25,30). The van der Waals surface area contributed by atoms with Gasteiger partial charge in [0.2, 0.25) is 0 Å². The minimum absolute atomic E-state index is 0.0805. The Hall–Kier alpha value is -2.38. The topological polar surface area (TPSA) is 105 Å². The third-order valence-corrected chi connectivity index (χ3v) is 6.43. The van der Waals surface area contributed by atoms with Crippen molar-refractivity contribution >= 4 is 23.8 Å². The molecular formula is C23H35N3O5. The molecule has 4 amide bonds. The van der Waals surface area contributed by atoms with Crippen LogP contribution in [-0.2, 0) is 19.1 Å². The van der Waals surface area contributed by atoms with Gasteiger partial charge in [0.1, 0.15) is 12.1 Å². The predicted octanol–water partition coefficient (Wildman–Crippen LogP) is 2.67. The Morgan fingerprint density at radius 2 is 2.03 bits per heavy atom. The summed E-state index contributed by atoms with van der Waals surface area (Å²) >= 11 is 0. The monoisotopic (exact) mass is 433 g/mol. The van der Waals surface area contributed by atoms with E-state index in [-0.39, 0.29) is 23.1 Å². The number of amides is 4. The lowest BCUT2D eigenvalue weighted by atomic mass is 9.64.